The molecule has 1 aliphatic carbocycles. The Morgan fingerprint density at radius 3 is 2.90 bits per heavy atom. The zero-order chi connectivity index (χ0) is 14.8. The van der Waals surface area contributed by atoms with Gasteiger partial charge < -0.3 is 5.73 Å². The van der Waals surface area contributed by atoms with E-state index < -0.39 is 0 Å². The summed E-state index contributed by atoms with van der Waals surface area (Å²) in [7, 11) is 0. The Bertz CT molecular complexity index is 619. The fourth-order valence-electron chi connectivity index (χ4n) is 3.20. The first-order valence-electron chi connectivity index (χ1n) is 7.80. The van der Waals surface area contributed by atoms with E-state index in [9.17, 15) is 0 Å². The van der Waals surface area contributed by atoms with E-state index in [1.807, 2.05) is 29.8 Å². The number of tetrazole rings is 1. The number of benzene rings is 1. The van der Waals surface area contributed by atoms with Crippen LogP contribution in [0.3, 0.4) is 0 Å². The van der Waals surface area contributed by atoms with Crippen molar-refractivity contribution in [3.8, 4) is 11.4 Å². The first-order chi connectivity index (χ1) is 10.2. The number of nitrogens with two attached hydrogens (primary N) is 1. The summed E-state index contributed by atoms with van der Waals surface area (Å²) in [5.41, 5.74) is 9.00. The van der Waals surface area contributed by atoms with Crippen molar-refractivity contribution in [3.05, 3.63) is 23.8 Å². The van der Waals surface area contributed by atoms with Crippen LogP contribution in [0.1, 0.15) is 50.6 Å². The molecule has 2 aromatic rings. The van der Waals surface area contributed by atoms with Crippen molar-refractivity contribution in [2.75, 3.05) is 5.73 Å². The van der Waals surface area contributed by atoms with Gasteiger partial charge in [-0.2, -0.15) is 0 Å². The lowest BCUT2D eigenvalue weighted by Gasteiger charge is -2.17. The number of nitrogen functional groups attached to an aromatic ring is 1. The Hall–Kier alpha value is -1.91. The summed E-state index contributed by atoms with van der Waals surface area (Å²) in [6.45, 7) is 4.35. The SMILES string of the molecule is Cc1cccc(-c2nnnn2C2CCCC(C)CC2)c1N. The molecule has 1 heterocycles. The molecule has 1 fully saturated rings. The molecule has 21 heavy (non-hydrogen) atoms. The van der Waals surface area contributed by atoms with Crippen molar-refractivity contribution >= 4 is 5.69 Å². The fraction of sp³-hybridized carbons (Fsp3) is 0.562. The van der Waals surface area contributed by atoms with Crippen LogP contribution in [-0.2, 0) is 0 Å². The predicted octanol–water partition coefficient (Wildman–Crippen LogP) is 3.37. The van der Waals surface area contributed by atoms with Crippen LogP contribution in [0.2, 0.25) is 0 Å². The molecule has 2 unspecified atom stereocenters. The van der Waals surface area contributed by atoms with Crippen molar-refractivity contribution in [2.24, 2.45) is 5.92 Å². The molecular formula is C16H23N5. The van der Waals surface area contributed by atoms with Gasteiger partial charge in [-0.05, 0) is 54.2 Å². The first-order valence-corrected chi connectivity index (χ1v) is 7.80. The van der Waals surface area contributed by atoms with Crippen LogP contribution < -0.4 is 5.73 Å². The molecule has 0 spiro atoms. The van der Waals surface area contributed by atoms with E-state index in [0.29, 0.717) is 6.04 Å². The van der Waals surface area contributed by atoms with Gasteiger partial charge in [-0.3, -0.25) is 0 Å². The van der Waals surface area contributed by atoms with Gasteiger partial charge in [-0.15, -0.1) is 5.10 Å². The van der Waals surface area contributed by atoms with E-state index in [4.69, 9.17) is 5.73 Å². The molecule has 1 saturated carbocycles. The summed E-state index contributed by atoms with van der Waals surface area (Å²) < 4.78 is 1.99. The highest BCUT2D eigenvalue weighted by molar-refractivity contribution is 5.74. The molecule has 0 radical (unpaired) electrons. The smallest absolute Gasteiger partial charge is 0.184 e. The summed E-state index contributed by atoms with van der Waals surface area (Å²) in [6, 6.07) is 6.42. The van der Waals surface area contributed by atoms with Gasteiger partial charge >= 0.3 is 0 Å². The summed E-state index contributed by atoms with van der Waals surface area (Å²) >= 11 is 0. The second-order valence-electron chi connectivity index (χ2n) is 6.25. The summed E-state index contributed by atoms with van der Waals surface area (Å²) in [5.74, 6) is 1.61. The molecule has 0 bridgehead atoms. The minimum absolute atomic E-state index is 0.389. The quantitative estimate of drug-likeness (QED) is 0.678. The number of anilines is 1. The van der Waals surface area contributed by atoms with Crippen molar-refractivity contribution in [1.29, 1.82) is 0 Å². The number of aryl methyl sites for hydroxylation is 1. The van der Waals surface area contributed by atoms with Crippen LogP contribution in [0, 0.1) is 12.8 Å². The number of hydrogen-bond acceptors (Lipinski definition) is 4. The van der Waals surface area contributed by atoms with Crippen LogP contribution in [0.5, 0.6) is 0 Å². The second kappa shape index (κ2) is 5.84. The lowest BCUT2D eigenvalue weighted by molar-refractivity contribution is 0.394. The average molecular weight is 285 g/mol. The number of para-hydroxylation sites is 1. The second-order valence-corrected chi connectivity index (χ2v) is 6.25. The maximum atomic E-state index is 6.22. The first kappa shape index (κ1) is 14.0. The monoisotopic (exact) mass is 285 g/mol. The number of nitrogens with zero attached hydrogens (tertiary/aromatic N) is 4. The number of hydrogen-bond donors (Lipinski definition) is 1. The molecule has 2 N–H and O–H groups in total. The molecule has 112 valence electrons. The molecule has 2 atom stereocenters. The molecule has 0 saturated heterocycles. The van der Waals surface area contributed by atoms with Crippen LogP contribution in [0.15, 0.2) is 18.2 Å². The van der Waals surface area contributed by atoms with Crippen molar-refractivity contribution in [1.82, 2.24) is 20.2 Å². The third kappa shape index (κ3) is 2.77. The van der Waals surface area contributed by atoms with E-state index in [1.54, 1.807) is 0 Å². The topological polar surface area (TPSA) is 69.6 Å². The van der Waals surface area contributed by atoms with Gasteiger partial charge in [0.1, 0.15) is 0 Å². The highest BCUT2D eigenvalue weighted by Crippen LogP contribution is 2.33. The molecule has 0 aliphatic heterocycles. The average Bonchev–Trinajstić information content (AvgIpc) is 2.85. The summed E-state index contributed by atoms with van der Waals surface area (Å²) in [6.07, 6.45) is 6.08. The molecule has 3 rings (SSSR count). The number of aromatic nitrogens is 4. The molecule has 5 nitrogen and oxygen atoms in total. The normalized spacial score (nSPS) is 23.0. The van der Waals surface area contributed by atoms with E-state index in [2.05, 4.69) is 22.4 Å². The van der Waals surface area contributed by atoms with E-state index in [0.717, 1.165) is 41.4 Å². The van der Waals surface area contributed by atoms with E-state index in [-0.39, 0.29) is 0 Å². The Balaban J connectivity index is 1.95. The van der Waals surface area contributed by atoms with Crippen molar-refractivity contribution in [3.63, 3.8) is 0 Å². The number of rotatable bonds is 2. The van der Waals surface area contributed by atoms with Gasteiger partial charge in [0.05, 0.1) is 6.04 Å². The maximum Gasteiger partial charge on any atom is 0.184 e. The van der Waals surface area contributed by atoms with E-state index >= 15 is 0 Å². The molecular weight excluding hydrogens is 262 g/mol. The minimum atomic E-state index is 0.389. The Kier molecular flexibility index (Phi) is 3.90. The molecule has 0 amide bonds. The Labute approximate surface area is 125 Å². The van der Waals surface area contributed by atoms with Gasteiger partial charge in [0, 0.05) is 11.3 Å². The van der Waals surface area contributed by atoms with Crippen molar-refractivity contribution < 1.29 is 0 Å². The highest BCUT2D eigenvalue weighted by Gasteiger charge is 2.23. The van der Waals surface area contributed by atoms with Crippen LogP contribution in [0.4, 0.5) is 5.69 Å². The standard InChI is InChI=1S/C16H23N5/c1-11-5-3-7-13(10-9-11)21-16(18-19-20-21)14-8-4-6-12(2)15(14)17/h4,6,8,11,13H,3,5,7,9-10,17H2,1-2H3. The molecule has 5 heteroatoms. The Morgan fingerprint density at radius 1 is 1.19 bits per heavy atom. The van der Waals surface area contributed by atoms with E-state index in [1.165, 1.54) is 19.3 Å². The van der Waals surface area contributed by atoms with Gasteiger partial charge in [-0.1, -0.05) is 31.9 Å². The third-order valence-corrected chi connectivity index (χ3v) is 4.63. The van der Waals surface area contributed by atoms with Crippen LogP contribution in [0.25, 0.3) is 11.4 Å². The van der Waals surface area contributed by atoms with Gasteiger partial charge in [-0.25, -0.2) is 4.68 Å². The molecule has 1 aromatic heterocycles. The summed E-state index contributed by atoms with van der Waals surface area (Å²) in [4.78, 5) is 0. The highest BCUT2D eigenvalue weighted by atomic mass is 15.5. The van der Waals surface area contributed by atoms with Gasteiger partial charge in [0.25, 0.3) is 0 Å². The van der Waals surface area contributed by atoms with Gasteiger partial charge in [0.2, 0.25) is 0 Å². The molecule has 1 aliphatic rings. The Morgan fingerprint density at radius 2 is 2.05 bits per heavy atom. The lowest BCUT2D eigenvalue weighted by Crippen LogP contribution is -2.12. The lowest BCUT2D eigenvalue weighted by atomic mass is 10.0. The van der Waals surface area contributed by atoms with Crippen LogP contribution in [-0.4, -0.2) is 20.2 Å². The minimum Gasteiger partial charge on any atom is -0.398 e. The van der Waals surface area contributed by atoms with Crippen molar-refractivity contribution in [2.45, 2.75) is 52.0 Å². The maximum absolute atomic E-state index is 6.22. The summed E-state index contributed by atoms with van der Waals surface area (Å²) in [5, 5.41) is 12.4. The predicted molar refractivity (Wildman–Crippen MR) is 83.7 cm³/mol. The molecule has 1 aromatic carbocycles. The van der Waals surface area contributed by atoms with Crippen LogP contribution >= 0.6 is 0 Å². The third-order valence-electron chi connectivity index (χ3n) is 4.63. The zero-order valence-electron chi connectivity index (χ0n) is 12.8. The van der Waals surface area contributed by atoms with Gasteiger partial charge in [0.15, 0.2) is 5.82 Å². The fourth-order valence-corrected chi connectivity index (χ4v) is 3.20. The largest absolute Gasteiger partial charge is 0.398 e. The zero-order valence-corrected chi connectivity index (χ0v) is 12.8.